The minimum Gasteiger partial charge on any atom is -0.497 e. The summed E-state index contributed by atoms with van der Waals surface area (Å²) in [4.78, 5) is 2.48. The molecule has 4 heteroatoms. The zero-order valence-corrected chi connectivity index (χ0v) is 13.8. The van der Waals surface area contributed by atoms with Crippen molar-refractivity contribution in [2.45, 2.75) is 44.8 Å². The van der Waals surface area contributed by atoms with E-state index >= 15 is 0 Å². The van der Waals surface area contributed by atoms with Crippen molar-refractivity contribution in [3.63, 3.8) is 0 Å². The maximum atomic E-state index is 5.48. The fourth-order valence-electron chi connectivity index (χ4n) is 2.62. The van der Waals surface area contributed by atoms with Crippen LogP contribution in [0.2, 0.25) is 0 Å². The highest BCUT2D eigenvalue weighted by Gasteiger charge is 2.29. The van der Waals surface area contributed by atoms with Crippen molar-refractivity contribution in [2.75, 3.05) is 27.8 Å². The van der Waals surface area contributed by atoms with Gasteiger partial charge in [0.15, 0.2) is 0 Å². The molecular formula is C17H28N2O2. The summed E-state index contributed by atoms with van der Waals surface area (Å²) in [6, 6.07) is 7.59. The van der Waals surface area contributed by atoms with Crippen LogP contribution in [-0.4, -0.2) is 44.8 Å². The van der Waals surface area contributed by atoms with Crippen LogP contribution in [-0.2, 0) is 0 Å². The van der Waals surface area contributed by atoms with Gasteiger partial charge in [-0.2, -0.15) is 0 Å². The average Bonchev–Trinajstić information content (AvgIpc) is 3.35. The molecule has 0 spiro atoms. The standard InChI is InChI=1S/C17H28N2O2/c1-12(19(3)14-6-7-14)11-18-13(2)16-9-8-15(20-4)10-17(16)21-5/h8-10,12-14,18H,6-7,11H2,1-5H3. The van der Waals surface area contributed by atoms with E-state index < -0.39 is 0 Å². The zero-order chi connectivity index (χ0) is 15.4. The molecule has 2 atom stereocenters. The lowest BCUT2D eigenvalue weighted by atomic mass is 10.1. The Morgan fingerprint density at radius 2 is 1.95 bits per heavy atom. The van der Waals surface area contributed by atoms with Crippen LogP contribution >= 0.6 is 0 Å². The van der Waals surface area contributed by atoms with E-state index in [2.05, 4.69) is 37.2 Å². The first kappa shape index (κ1) is 16.1. The summed E-state index contributed by atoms with van der Waals surface area (Å²) in [5.41, 5.74) is 1.17. The molecule has 0 heterocycles. The largest absolute Gasteiger partial charge is 0.497 e. The molecular weight excluding hydrogens is 264 g/mol. The van der Waals surface area contributed by atoms with Gasteiger partial charge in [0.25, 0.3) is 0 Å². The number of likely N-dealkylation sites (N-methyl/N-ethyl adjacent to an activating group) is 1. The molecule has 0 bridgehead atoms. The Bertz CT molecular complexity index is 460. The molecule has 4 nitrogen and oxygen atoms in total. The number of methoxy groups -OCH3 is 2. The molecule has 118 valence electrons. The van der Waals surface area contributed by atoms with Crippen LogP contribution in [0.5, 0.6) is 11.5 Å². The molecule has 21 heavy (non-hydrogen) atoms. The fourth-order valence-corrected chi connectivity index (χ4v) is 2.62. The highest BCUT2D eigenvalue weighted by molar-refractivity contribution is 5.42. The number of rotatable bonds is 8. The van der Waals surface area contributed by atoms with E-state index in [4.69, 9.17) is 9.47 Å². The third-order valence-electron chi connectivity index (χ3n) is 4.44. The van der Waals surface area contributed by atoms with Crippen LogP contribution in [0, 0.1) is 0 Å². The SMILES string of the molecule is COc1ccc(C(C)NCC(C)N(C)C2CC2)c(OC)c1. The second-order valence-electron chi connectivity index (χ2n) is 5.98. The number of hydrogen-bond acceptors (Lipinski definition) is 4. The van der Waals surface area contributed by atoms with Gasteiger partial charge in [0.2, 0.25) is 0 Å². The Kier molecular flexibility index (Phi) is 5.48. The molecule has 1 aromatic rings. The van der Waals surface area contributed by atoms with Gasteiger partial charge in [-0.05, 0) is 39.8 Å². The monoisotopic (exact) mass is 292 g/mol. The maximum Gasteiger partial charge on any atom is 0.127 e. The predicted molar refractivity (Wildman–Crippen MR) is 86.2 cm³/mol. The van der Waals surface area contributed by atoms with Gasteiger partial charge in [-0.1, -0.05) is 6.07 Å². The number of benzene rings is 1. The molecule has 0 radical (unpaired) electrons. The lowest BCUT2D eigenvalue weighted by Crippen LogP contribution is -2.39. The Morgan fingerprint density at radius 1 is 1.24 bits per heavy atom. The molecule has 0 saturated heterocycles. The van der Waals surface area contributed by atoms with Gasteiger partial charge in [-0.3, -0.25) is 4.90 Å². The summed E-state index contributed by atoms with van der Waals surface area (Å²) in [7, 11) is 5.60. The van der Waals surface area contributed by atoms with Gasteiger partial charge in [0.05, 0.1) is 14.2 Å². The molecule has 0 aromatic heterocycles. The molecule has 2 rings (SSSR count). The normalized spacial score (nSPS) is 17.6. The number of nitrogens with zero attached hydrogens (tertiary/aromatic N) is 1. The maximum absolute atomic E-state index is 5.48. The fraction of sp³-hybridized carbons (Fsp3) is 0.647. The second-order valence-corrected chi connectivity index (χ2v) is 5.98. The van der Waals surface area contributed by atoms with E-state index in [0.29, 0.717) is 6.04 Å². The van der Waals surface area contributed by atoms with Gasteiger partial charge in [-0.25, -0.2) is 0 Å². The van der Waals surface area contributed by atoms with Crippen LogP contribution in [0.3, 0.4) is 0 Å². The molecule has 1 aliphatic carbocycles. The van der Waals surface area contributed by atoms with Crippen molar-refractivity contribution < 1.29 is 9.47 Å². The third kappa shape index (κ3) is 4.11. The summed E-state index contributed by atoms with van der Waals surface area (Å²) < 4.78 is 10.7. The summed E-state index contributed by atoms with van der Waals surface area (Å²) in [6.45, 7) is 5.43. The highest BCUT2D eigenvalue weighted by atomic mass is 16.5. The first-order valence-corrected chi connectivity index (χ1v) is 7.74. The van der Waals surface area contributed by atoms with E-state index in [-0.39, 0.29) is 6.04 Å². The molecule has 0 aliphatic heterocycles. The van der Waals surface area contributed by atoms with Crippen LogP contribution in [0.1, 0.15) is 38.3 Å². The lowest BCUT2D eigenvalue weighted by molar-refractivity contribution is 0.236. The minimum absolute atomic E-state index is 0.251. The third-order valence-corrected chi connectivity index (χ3v) is 4.44. The van der Waals surface area contributed by atoms with Crippen molar-refractivity contribution in [1.82, 2.24) is 10.2 Å². The molecule has 1 saturated carbocycles. The van der Waals surface area contributed by atoms with E-state index in [1.807, 2.05) is 12.1 Å². The topological polar surface area (TPSA) is 33.7 Å². The first-order chi connectivity index (χ1) is 10.1. The highest BCUT2D eigenvalue weighted by Crippen LogP contribution is 2.30. The minimum atomic E-state index is 0.251. The number of hydrogen-bond donors (Lipinski definition) is 1. The van der Waals surface area contributed by atoms with Crippen molar-refractivity contribution >= 4 is 0 Å². The Morgan fingerprint density at radius 3 is 2.52 bits per heavy atom. The van der Waals surface area contributed by atoms with E-state index in [0.717, 1.165) is 24.1 Å². The van der Waals surface area contributed by atoms with Crippen LogP contribution in [0.25, 0.3) is 0 Å². The van der Waals surface area contributed by atoms with E-state index in [9.17, 15) is 0 Å². The molecule has 1 aliphatic rings. The van der Waals surface area contributed by atoms with E-state index in [1.54, 1.807) is 14.2 Å². The van der Waals surface area contributed by atoms with Crippen LogP contribution < -0.4 is 14.8 Å². The summed E-state index contributed by atoms with van der Waals surface area (Å²) >= 11 is 0. The smallest absolute Gasteiger partial charge is 0.127 e. The van der Waals surface area contributed by atoms with Crippen molar-refractivity contribution in [1.29, 1.82) is 0 Å². The van der Waals surface area contributed by atoms with Gasteiger partial charge in [-0.15, -0.1) is 0 Å². The zero-order valence-electron chi connectivity index (χ0n) is 13.8. The molecule has 0 amide bonds. The van der Waals surface area contributed by atoms with E-state index in [1.165, 1.54) is 18.4 Å². The average molecular weight is 292 g/mol. The molecule has 1 aromatic carbocycles. The Balaban J connectivity index is 1.94. The van der Waals surface area contributed by atoms with Crippen molar-refractivity contribution in [3.05, 3.63) is 23.8 Å². The summed E-state index contributed by atoms with van der Waals surface area (Å²) in [5, 5.41) is 3.61. The molecule has 1 N–H and O–H groups in total. The Labute approximate surface area is 128 Å². The second kappa shape index (κ2) is 7.14. The summed E-state index contributed by atoms with van der Waals surface area (Å²) in [6.07, 6.45) is 2.70. The predicted octanol–water partition coefficient (Wildman–Crippen LogP) is 2.84. The van der Waals surface area contributed by atoms with Gasteiger partial charge >= 0.3 is 0 Å². The van der Waals surface area contributed by atoms with Crippen LogP contribution in [0.4, 0.5) is 0 Å². The lowest BCUT2D eigenvalue weighted by Gasteiger charge is -2.27. The van der Waals surface area contributed by atoms with Gasteiger partial charge < -0.3 is 14.8 Å². The molecule has 2 unspecified atom stereocenters. The quantitative estimate of drug-likeness (QED) is 0.799. The molecule has 1 fully saturated rings. The number of nitrogens with one attached hydrogen (secondary N) is 1. The first-order valence-electron chi connectivity index (χ1n) is 7.74. The summed E-state index contributed by atoms with van der Waals surface area (Å²) in [5.74, 6) is 1.70. The van der Waals surface area contributed by atoms with Crippen molar-refractivity contribution in [2.24, 2.45) is 0 Å². The van der Waals surface area contributed by atoms with Crippen molar-refractivity contribution in [3.8, 4) is 11.5 Å². The van der Waals surface area contributed by atoms with Crippen LogP contribution in [0.15, 0.2) is 18.2 Å². The van der Waals surface area contributed by atoms with Gasteiger partial charge in [0, 0.05) is 36.3 Å². The number of ether oxygens (including phenoxy) is 2. The van der Waals surface area contributed by atoms with Gasteiger partial charge in [0.1, 0.15) is 11.5 Å². The Hall–Kier alpha value is -1.26.